The first-order valence-corrected chi connectivity index (χ1v) is 6.25. The number of amides is 1. The van der Waals surface area contributed by atoms with E-state index in [1.54, 1.807) is 23.1 Å². The van der Waals surface area contributed by atoms with Gasteiger partial charge in [0, 0.05) is 18.8 Å². The Bertz CT molecular complexity index is 478. The van der Waals surface area contributed by atoms with E-state index in [0.717, 1.165) is 0 Å². The van der Waals surface area contributed by atoms with Crippen LogP contribution in [-0.2, 0) is 4.74 Å². The van der Waals surface area contributed by atoms with Crippen molar-refractivity contribution in [3.63, 3.8) is 0 Å². The standard InChI is InChI=1S/C13H17ClN2O2.ClH/c1-13(2)8-16(5-6-18-13)12(17)10-4-3-9(15)7-11(10)14;/h3-4,7H,5-6,8,15H2,1-2H3;1H. The second kappa shape index (κ2) is 5.99. The number of carbonyl (C=O) groups is 1. The zero-order valence-corrected chi connectivity index (χ0v) is 12.6. The maximum Gasteiger partial charge on any atom is 0.255 e. The molecule has 0 spiro atoms. The van der Waals surface area contributed by atoms with E-state index in [4.69, 9.17) is 22.1 Å². The number of morpholine rings is 1. The average Bonchev–Trinajstić information content (AvgIpc) is 2.27. The zero-order chi connectivity index (χ0) is 13.3. The SMILES string of the molecule is CC1(C)CN(C(=O)c2ccc(N)cc2Cl)CCO1.Cl. The zero-order valence-electron chi connectivity index (χ0n) is 11.0. The van der Waals surface area contributed by atoms with Gasteiger partial charge in [0.2, 0.25) is 0 Å². The van der Waals surface area contributed by atoms with Gasteiger partial charge in [0.25, 0.3) is 5.91 Å². The Morgan fingerprint density at radius 1 is 1.47 bits per heavy atom. The van der Waals surface area contributed by atoms with E-state index in [2.05, 4.69) is 0 Å². The molecule has 0 saturated carbocycles. The summed E-state index contributed by atoms with van der Waals surface area (Å²) in [6.07, 6.45) is 0. The highest BCUT2D eigenvalue weighted by Crippen LogP contribution is 2.23. The summed E-state index contributed by atoms with van der Waals surface area (Å²) in [6.45, 7) is 5.63. The number of anilines is 1. The Balaban J connectivity index is 0.00000180. The molecule has 1 aromatic rings. The maximum atomic E-state index is 12.4. The molecule has 1 fully saturated rings. The second-order valence-electron chi connectivity index (χ2n) is 5.07. The van der Waals surface area contributed by atoms with Gasteiger partial charge in [0.1, 0.15) is 0 Å². The molecule has 1 saturated heterocycles. The van der Waals surface area contributed by atoms with Crippen molar-refractivity contribution in [3.8, 4) is 0 Å². The first-order chi connectivity index (χ1) is 8.39. The molecule has 4 nitrogen and oxygen atoms in total. The van der Waals surface area contributed by atoms with Crippen LogP contribution in [0.5, 0.6) is 0 Å². The van der Waals surface area contributed by atoms with Gasteiger partial charge in [0.15, 0.2) is 0 Å². The smallest absolute Gasteiger partial charge is 0.255 e. The molecule has 0 bridgehead atoms. The highest BCUT2D eigenvalue weighted by Gasteiger charge is 2.31. The number of hydrogen-bond donors (Lipinski definition) is 1. The number of benzene rings is 1. The van der Waals surface area contributed by atoms with Crippen molar-refractivity contribution in [1.82, 2.24) is 4.90 Å². The molecular formula is C13H18Cl2N2O2. The van der Waals surface area contributed by atoms with Gasteiger partial charge in [-0.25, -0.2) is 0 Å². The normalized spacial score (nSPS) is 17.7. The molecule has 1 heterocycles. The van der Waals surface area contributed by atoms with E-state index in [-0.39, 0.29) is 23.9 Å². The molecule has 2 N–H and O–H groups in total. The highest BCUT2D eigenvalue weighted by molar-refractivity contribution is 6.34. The summed E-state index contributed by atoms with van der Waals surface area (Å²) in [7, 11) is 0. The molecule has 0 atom stereocenters. The molecule has 1 aliphatic rings. The van der Waals surface area contributed by atoms with Gasteiger partial charge in [-0.1, -0.05) is 11.6 Å². The lowest BCUT2D eigenvalue weighted by atomic mass is 10.1. The van der Waals surface area contributed by atoms with Crippen molar-refractivity contribution in [3.05, 3.63) is 28.8 Å². The fourth-order valence-corrected chi connectivity index (χ4v) is 2.33. The molecule has 1 aromatic carbocycles. The number of nitrogens with zero attached hydrogens (tertiary/aromatic N) is 1. The van der Waals surface area contributed by atoms with Crippen LogP contribution in [-0.4, -0.2) is 36.1 Å². The van der Waals surface area contributed by atoms with Gasteiger partial charge in [-0.15, -0.1) is 12.4 Å². The summed E-state index contributed by atoms with van der Waals surface area (Å²) in [6, 6.07) is 4.95. The highest BCUT2D eigenvalue weighted by atomic mass is 35.5. The average molecular weight is 305 g/mol. The predicted molar refractivity (Wildman–Crippen MR) is 79.0 cm³/mol. The lowest BCUT2D eigenvalue weighted by Gasteiger charge is -2.38. The van der Waals surface area contributed by atoms with Crippen LogP contribution in [0.2, 0.25) is 5.02 Å². The van der Waals surface area contributed by atoms with Gasteiger partial charge >= 0.3 is 0 Å². The number of ether oxygens (including phenoxy) is 1. The first kappa shape index (κ1) is 16.1. The van der Waals surface area contributed by atoms with Crippen molar-refractivity contribution in [1.29, 1.82) is 0 Å². The molecule has 2 rings (SSSR count). The summed E-state index contributed by atoms with van der Waals surface area (Å²) >= 11 is 6.06. The number of nitrogen functional groups attached to an aromatic ring is 1. The molecule has 1 amide bonds. The van der Waals surface area contributed by atoms with Crippen molar-refractivity contribution in [2.75, 3.05) is 25.4 Å². The predicted octanol–water partition coefficient (Wildman–Crippen LogP) is 2.60. The third kappa shape index (κ3) is 3.75. The largest absolute Gasteiger partial charge is 0.399 e. The van der Waals surface area contributed by atoms with Crippen molar-refractivity contribution in [2.24, 2.45) is 0 Å². The van der Waals surface area contributed by atoms with Crippen molar-refractivity contribution >= 4 is 35.6 Å². The lowest BCUT2D eigenvalue weighted by Crippen LogP contribution is -2.50. The van der Waals surface area contributed by atoms with E-state index in [1.807, 2.05) is 13.8 Å². The van der Waals surface area contributed by atoms with E-state index in [0.29, 0.717) is 36.0 Å². The minimum absolute atomic E-state index is 0. The Hall–Kier alpha value is -0.970. The number of hydrogen-bond acceptors (Lipinski definition) is 3. The minimum Gasteiger partial charge on any atom is -0.399 e. The lowest BCUT2D eigenvalue weighted by molar-refractivity contribution is -0.0763. The second-order valence-corrected chi connectivity index (χ2v) is 5.48. The van der Waals surface area contributed by atoms with Crippen LogP contribution in [0.15, 0.2) is 18.2 Å². The quantitative estimate of drug-likeness (QED) is 0.811. The van der Waals surface area contributed by atoms with Crippen molar-refractivity contribution < 1.29 is 9.53 Å². The minimum atomic E-state index is -0.311. The Morgan fingerprint density at radius 2 is 2.16 bits per heavy atom. The summed E-state index contributed by atoms with van der Waals surface area (Å²) in [5, 5.41) is 0.393. The Kier molecular flexibility index (Phi) is 5.07. The third-order valence-corrected chi connectivity index (χ3v) is 3.25. The molecule has 1 aliphatic heterocycles. The maximum absolute atomic E-state index is 12.4. The van der Waals surface area contributed by atoms with Crippen LogP contribution in [0.25, 0.3) is 0 Å². The summed E-state index contributed by atoms with van der Waals surface area (Å²) in [5.41, 5.74) is 6.35. The van der Waals surface area contributed by atoms with Crippen molar-refractivity contribution in [2.45, 2.75) is 19.4 Å². The van der Waals surface area contributed by atoms with Crippen LogP contribution < -0.4 is 5.73 Å². The van der Waals surface area contributed by atoms with Gasteiger partial charge in [0.05, 0.1) is 22.8 Å². The summed E-state index contributed by atoms with van der Waals surface area (Å²) < 4.78 is 5.58. The van der Waals surface area contributed by atoms with Crippen LogP contribution in [0.1, 0.15) is 24.2 Å². The van der Waals surface area contributed by atoms with Crippen LogP contribution in [0.4, 0.5) is 5.69 Å². The fourth-order valence-electron chi connectivity index (χ4n) is 2.06. The Labute approximate surface area is 124 Å². The molecule has 0 unspecified atom stereocenters. The summed E-state index contributed by atoms with van der Waals surface area (Å²) in [4.78, 5) is 14.1. The Morgan fingerprint density at radius 3 is 2.74 bits per heavy atom. The number of halogens is 2. The molecule has 0 aliphatic carbocycles. The molecule has 6 heteroatoms. The van der Waals surface area contributed by atoms with Crippen LogP contribution in [0, 0.1) is 0 Å². The molecule has 106 valence electrons. The van der Waals surface area contributed by atoms with Crippen LogP contribution in [0.3, 0.4) is 0 Å². The van der Waals surface area contributed by atoms with E-state index in [1.165, 1.54) is 0 Å². The molecular weight excluding hydrogens is 287 g/mol. The van der Waals surface area contributed by atoms with Gasteiger partial charge in [-0.3, -0.25) is 4.79 Å². The molecule has 0 radical (unpaired) electrons. The first-order valence-electron chi connectivity index (χ1n) is 5.87. The van der Waals surface area contributed by atoms with Gasteiger partial charge in [-0.2, -0.15) is 0 Å². The number of carbonyl (C=O) groups excluding carboxylic acids is 1. The van der Waals surface area contributed by atoms with E-state index < -0.39 is 0 Å². The third-order valence-electron chi connectivity index (χ3n) is 2.94. The monoisotopic (exact) mass is 304 g/mol. The summed E-state index contributed by atoms with van der Waals surface area (Å²) in [5.74, 6) is -0.0728. The fraction of sp³-hybridized carbons (Fsp3) is 0.462. The molecule has 0 aromatic heterocycles. The number of nitrogens with two attached hydrogens (primary N) is 1. The van der Waals surface area contributed by atoms with Gasteiger partial charge < -0.3 is 15.4 Å². The van der Waals surface area contributed by atoms with E-state index in [9.17, 15) is 4.79 Å². The van der Waals surface area contributed by atoms with E-state index >= 15 is 0 Å². The topological polar surface area (TPSA) is 55.6 Å². The number of rotatable bonds is 1. The van der Waals surface area contributed by atoms with Gasteiger partial charge in [-0.05, 0) is 32.0 Å². The van der Waals surface area contributed by atoms with Crippen LogP contribution >= 0.6 is 24.0 Å². The molecule has 19 heavy (non-hydrogen) atoms.